The van der Waals surface area contributed by atoms with E-state index in [1.54, 1.807) is 28.0 Å². The smallest absolute Gasteiger partial charge is 0.255 e. The summed E-state index contributed by atoms with van der Waals surface area (Å²) in [7, 11) is 0. The number of benzene rings is 2. The molecule has 0 atom stereocenters. The second-order valence-corrected chi connectivity index (χ2v) is 7.97. The molecule has 32 heavy (non-hydrogen) atoms. The Kier molecular flexibility index (Phi) is 8.33. The molecule has 1 heterocycles. The molecule has 0 aliphatic carbocycles. The van der Waals surface area contributed by atoms with Crippen LogP contribution in [0.25, 0.3) is 0 Å². The average molecular weight is 463 g/mol. The third-order valence-corrected chi connectivity index (χ3v) is 5.44. The van der Waals surface area contributed by atoms with Gasteiger partial charge in [-0.1, -0.05) is 25.4 Å². The zero-order chi connectivity index (χ0) is 23.1. The van der Waals surface area contributed by atoms with Crippen LogP contribution < -0.4 is 9.47 Å². The van der Waals surface area contributed by atoms with Crippen molar-refractivity contribution in [1.29, 1.82) is 0 Å². The van der Waals surface area contributed by atoms with Crippen LogP contribution in [0.5, 0.6) is 11.5 Å². The number of hydrogen-bond acceptors (Lipinski definition) is 4. The van der Waals surface area contributed by atoms with Gasteiger partial charge in [0.2, 0.25) is 0 Å². The van der Waals surface area contributed by atoms with Gasteiger partial charge in [-0.25, -0.2) is 4.39 Å². The Bertz CT molecular complexity index is 961. The molecule has 0 spiro atoms. The van der Waals surface area contributed by atoms with Crippen molar-refractivity contribution in [2.24, 2.45) is 0 Å². The van der Waals surface area contributed by atoms with Gasteiger partial charge in [0.25, 0.3) is 11.8 Å². The predicted octanol–water partition coefficient (Wildman–Crippen LogP) is 4.65. The molecule has 8 heteroatoms. The first-order valence-corrected chi connectivity index (χ1v) is 11.3. The Morgan fingerprint density at radius 1 is 0.875 bits per heavy atom. The topological polar surface area (TPSA) is 59.1 Å². The number of halogens is 2. The highest BCUT2D eigenvalue weighted by Gasteiger charge is 2.27. The van der Waals surface area contributed by atoms with Gasteiger partial charge in [-0.3, -0.25) is 9.59 Å². The lowest BCUT2D eigenvalue weighted by Crippen LogP contribution is -2.50. The van der Waals surface area contributed by atoms with E-state index in [0.29, 0.717) is 56.5 Å². The number of rotatable bonds is 8. The van der Waals surface area contributed by atoms with Crippen molar-refractivity contribution >= 4 is 23.4 Å². The van der Waals surface area contributed by atoms with Crippen LogP contribution in [-0.2, 0) is 0 Å². The summed E-state index contributed by atoms with van der Waals surface area (Å²) in [5, 5.41) is 0.0819. The Morgan fingerprint density at radius 2 is 1.47 bits per heavy atom. The highest BCUT2D eigenvalue weighted by Crippen LogP contribution is 2.29. The Morgan fingerprint density at radius 3 is 2.06 bits per heavy atom. The van der Waals surface area contributed by atoms with Crippen molar-refractivity contribution in [2.45, 2.75) is 26.7 Å². The molecule has 2 aromatic rings. The summed E-state index contributed by atoms with van der Waals surface area (Å²) in [6.07, 6.45) is 1.72. The summed E-state index contributed by atoms with van der Waals surface area (Å²) in [6.45, 7) is 6.67. The zero-order valence-electron chi connectivity index (χ0n) is 18.4. The molecule has 0 aromatic heterocycles. The monoisotopic (exact) mass is 462 g/mol. The first-order valence-electron chi connectivity index (χ1n) is 10.9. The highest BCUT2D eigenvalue weighted by atomic mass is 35.5. The molecule has 0 bridgehead atoms. The largest absolute Gasteiger partial charge is 0.490 e. The molecule has 0 saturated carbocycles. The summed E-state index contributed by atoms with van der Waals surface area (Å²) in [4.78, 5) is 29.1. The van der Waals surface area contributed by atoms with Crippen molar-refractivity contribution in [3.8, 4) is 11.5 Å². The molecule has 3 rings (SSSR count). The van der Waals surface area contributed by atoms with E-state index < -0.39 is 5.82 Å². The molecule has 0 N–H and O–H groups in total. The number of nitrogens with zero attached hydrogens (tertiary/aromatic N) is 2. The lowest BCUT2D eigenvalue weighted by molar-refractivity contribution is 0.0535. The number of amides is 2. The van der Waals surface area contributed by atoms with Gasteiger partial charge < -0.3 is 19.3 Å². The van der Waals surface area contributed by atoms with Crippen molar-refractivity contribution in [1.82, 2.24) is 9.80 Å². The fraction of sp³-hybridized carbons (Fsp3) is 0.417. The lowest BCUT2D eigenvalue weighted by atomic mass is 10.1. The van der Waals surface area contributed by atoms with E-state index in [4.69, 9.17) is 21.1 Å². The van der Waals surface area contributed by atoms with Crippen LogP contribution in [0.3, 0.4) is 0 Å². The van der Waals surface area contributed by atoms with Gasteiger partial charge in [-0.05, 0) is 49.2 Å². The van der Waals surface area contributed by atoms with Crippen LogP contribution >= 0.6 is 11.6 Å². The SMILES string of the molecule is CCCOc1ccc(C(=O)N2CCN(C(=O)c3ccc(F)cc3Cl)CC2)cc1OCCC. The van der Waals surface area contributed by atoms with Gasteiger partial charge in [0, 0.05) is 31.7 Å². The zero-order valence-corrected chi connectivity index (χ0v) is 19.2. The maximum Gasteiger partial charge on any atom is 0.255 e. The Labute approximate surface area is 192 Å². The summed E-state index contributed by atoms with van der Waals surface area (Å²) < 4.78 is 24.8. The standard InChI is InChI=1S/C24H28ClFN2O4/c1-3-13-31-21-8-5-17(15-22(21)32-14-4-2)23(29)27-9-11-28(12-10-27)24(30)19-7-6-18(26)16-20(19)25/h5-8,15-16H,3-4,9-14H2,1-2H3. The van der Waals surface area contributed by atoms with Gasteiger partial charge >= 0.3 is 0 Å². The van der Waals surface area contributed by atoms with Gasteiger partial charge in [0.05, 0.1) is 23.8 Å². The quantitative estimate of drug-likeness (QED) is 0.572. The number of carbonyl (C=O) groups is 2. The van der Waals surface area contributed by atoms with Crippen LogP contribution in [0.2, 0.25) is 5.02 Å². The van der Waals surface area contributed by atoms with E-state index in [0.717, 1.165) is 18.9 Å². The molecule has 2 amide bonds. The van der Waals surface area contributed by atoms with Gasteiger partial charge in [0.1, 0.15) is 5.82 Å². The highest BCUT2D eigenvalue weighted by molar-refractivity contribution is 6.33. The number of ether oxygens (including phenoxy) is 2. The van der Waals surface area contributed by atoms with E-state index >= 15 is 0 Å². The molecule has 1 saturated heterocycles. The van der Waals surface area contributed by atoms with Crippen LogP contribution in [0, 0.1) is 5.82 Å². The molecular formula is C24H28ClFN2O4. The van der Waals surface area contributed by atoms with Crippen LogP contribution in [0.1, 0.15) is 47.4 Å². The second-order valence-electron chi connectivity index (χ2n) is 7.57. The molecule has 1 aliphatic heterocycles. The van der Waals surface area contributed by atoms with Crippen molar-refractivity contribution in [3.05, 3.63) is 58.4 Å². The third kappa shape index (κ3) is 5.71. The third-order valence-electron chi connectivity index (χ3n) is 5.13. The minimum absolute atomic E-state index is 0.0819. The van der Waals surface area contributed by atoms with Crippen molar-refractivity contribution < 1.29 is 23.5 Å². The van der Waals surface area contributed by atoms with E-state index in [2.05, 4.69) is 0 Å². The number of piperazine rings is 1. The fourth-order valence-electron chi connectivity index (χ4n) is 3.43. The predicted molar refractivity (Wildman–Crippen MR) is 121 cm³/mol. The molecule has 0 radical (unpaired) electrons. The molecule has 172 valence electrons. The van der Waals surface area contributed by atoms with Crippen LogP contribution in [-0.4, -0.2) is 61.0 Å². The van der Waals surface area contributed by atoms with E-state index in [9.17, 15) is 14.0 Å². The summed E-state index contributed by atoms with van der Waals surface area (Å²) >= 11 is 6.02. The second kappa shape index (κ2) is 11.2. The first kappa shape index (κ1) is 23.9. The molecule has 1 aliphatic rings. The normalized spacial score (nSPS) is 13.8. The minimum atomic E-state index is -0.490. The van der Waals surface area contributed by atoms with E-state index in [1.165, 1.54) is 12.1 Å². The van der Waals surface area contributed by atoms with Gasteiger partial charge in [-0.2, -0.15) is 0 Å². The molecule has 6 nitrogen and oxygen atoms in total. The van der Waals surface area contributed by atoms with Gasteiger partial charge in [0.15, 0.2) is 11.5 Å². The first-order chi connectivity index (χ1) is 15.4. The minimum Gasteiger partial charge on any atom is -0.490 e. The lowest BCUT2D eigenvalue weighted by Gasteiger charge is -2.35. The molecule has 0 unspecified atom stereocenters. The summed E-state index contributed by atoms with van der Waals surface area (Å²) in [5.74, 6) is 0.305. The number of carbonyl (C=O) groups excluding carboxylic acids is 2. The van der Waals surface area contributed by atoms with E-state index in [-0.39, 0.29) is 22.4 Å². The maximum atomic E-state index is 13.3. The van der Waals surface area contributed by atoms with Crippen LogP contribution in [0.15, 0.2) is 36.4 Å². The van der Waals surface area contributed by atoms with Crippen LogP contribution in [0.4, 0.5) is 4.39 Å². The average Bonchev–Trinajstić information content (AvgIpc) is 2.81. The maximum absolute atomic E-state index is 13.3. The summed E-state index contributed by atoms with van der Waals surface area (Å²) in [5.41, 5.74) is 0.773. The number of hydrogen-bond donors (Lipinski definition) is 0. The van der Waals surface area contributed by atoms with Crippen molar-refractivity contribution in [2.75, 3.05) is 39.4 Å². The van der Waals surface area contributed by atoms with E-state index in [1.807, 2.05) is 13.8 Å². The Hall–Kier alpha value is -2.80. The van der Waals surface area contributed by atoms with Crippen molar-refractivity contribution in [3.63, 3.8) is 0 Å². The summed E-state index contributed by atoms with van der Waals surface area (Å²) in [6, 6.07) is 8.95. The molecular weight excluding hydrogens is 435 g/mol. The fourth-order valence-corrected chi connectivity index (χ4v) is 3.67. The van der Waals surface area contributed by atoms with Gasteiger partial charge in [-0.15, -0.1) is 0 Å². The molecule has 1 fully saturated rings. The Balaban J connectivity index is 1.66. The molecule has 2 aromatic carbocycles.